The number of benzene rings is 1. The highest BCUT2D eigenvalue weighted by Gasteiger charge is 2.35. The molecule has 10 heteroatoms. The molecule has 6 nitrogen and oxygen atoms in total. The molecule has 0 aliphatic carbocycles. The third kappa shape index (κ3) is 5.26. The van der Waals surface area contributed by atoms with E-state index in [0.717, 1.165) is 31.2 Å². The van der Waals surface area contributed by atoms with E-state index in [4.69, 9.17) is 4.74 Å². The molecule has 0 bridgehead atoms. The Morgan fingerprint density at radius 1 is 1.14 bits per heavy atom. The van der Waals surface area contributed by atoms with Gasteiger partial charge in [0.1, 0.15) is 12.4 Å². The Balaban J connectivity index is 1.60. The molecule has 0 spiro atoms. The van der Waals surface area contributed by atoms with E-state index in [-0.39, 0.29) is 47.3 Å². The van der Waals surface area contributed by atoms with Crippen LogP contribution >= 0.6 is 0 Å². The summed E-state index contributed by atoms with van der Waals surface area (Å²) in [6, 6.07) is 6.04. The normalized spacial score (nSPS) is 18.4. The van der Waals surface area contributed by atoms with E-state index in [9.17, 15) is 22.4 Å². The standard InChI is InChI=1S/C25H24F4N4O2/c1-15-5-3-12-33(20(15)14-35-21-9-6-17(13-32-21)25(27,28)29)24(34)18-7-8-19(26)16(2)22(18)23-30-10-4-11-31-23/h4,6-11,13,15,20H,3,5,12,14H2,1-2H3. The third-order valence-electron chi connectivity index (χ3n) is 6.26. The van der Waals surface area contributed by atoms with Crippen LogP contribution in [0.4, 0.5) is 17.6 Å². The van der Waals surface area contributed by atoms with E-state index < -0.39 is 17.6 Å². The number of pyridine rings is 1. The number of aromatic nitrogens is 3. The Labute approximate surface area is 200 Å². The van der Waals surface area contributed by atoms with Crippen LogP contribution in [0.25, 0.3) is 11.4 Å². The first kappa shape index (κ1) is 24.6. The van der Waals surface area contributed by atoms with E-state index in [2.05, 4.69) is 15.0 Å². The fourth-order valence-corrected chi connectivity index (χ4v) is 4.30. The van der Waals surface area contributed by atoms with E-state index >= 15 is 0 Å². The summed E-state index contributed by atoms with van der Waals surface area (Å²) in [7, 11) is 0. The molecule has 0 N–H and O–H groups in total. The number of likely N-dealkylation sites (tertiary alicyclic amines) is 1. The van der Waals surface area contributed by atoms with Gasteiger partial charge in [0.2, 0.25) is 5.88 Å². The molecule has 4 rings (SSSR count). The zero-order valence-corrected chi connectivity index (χ0v) is 19.2. The average Bonchev–Trinajstić information content (AvgIpc) is 2.84. The van der Waals surface area contributed by atoms with Crippen LogP contribution in [0.15, 0.2) is 48.9 Å². The van der Waals surface area contributed by atoms with Crippen molar-refractivity contribution in [1.29, 1.82) is 0 Å². The number of nitrogens with zero attached hydrogens (tertiary/aromatic N) is 4. The number of piperidine rings is 1. The van der Waals surface area contributed by atoms with E-state index in [1.165, 1.54) is 24.5 Å². The van der Waals surface area contributed by atoms with E-state index in [1.54, 1.807) is 17.9 Å². The van der Waals surface area contributed by atoms with Crippen LogP contribution in [0, 0.1) is 18.7 Å². The minimum absolute atomic E-state index is 0.0409. The van der Waals surface area contributed by atoms with Crippen LogP contribution in [0.1, 0.15) is 41.3 Å². The molecule has 1 fully saturated rings. The minimum Gasteiger partial charge on any atom is -0.475 e. The number of carbonyl (C=O) groups is 1. The molecule has 35 heavy (non-hydrogen) atoms. The largest absolute Gasteiger partial charge is 0.475 e. The highest BCUT2D eigenvalue weighted by Crippen LogP contribution is 2.32. The van der Waals surface area contributed by atoms with E-state index in [0.29, 0.717) is 12.1 Å². The van der Waals surface area contributed by atoms with Crippen molar-refractivity contribution < 1.29 is 27.1 Å². The van der Waals surface area contributed by atoms with Gasteiger partial charge in [-0.1, -0.05) is 6.92 Å². The van der Waals surface area contributed by atoms with Gasteiger partial charge in [-0.2, -0.15) is 13.2 Å². The number of alkyl halides is 3. The van der Waals surface area contributed by atoms with Crippen molar-refractivity contribution in [3.05, 3.63) is 71.4 Å². The number of ether oxygens (including phenoxy) is 1. The van der Waals surface area contributed by atoms with Crippen molar-refractivity contribution in [2.45, 2.75) is 38.9 Å². The second-order valence-corrected chi connectivity index (χ2v) is 8.55. The Morgan fingerprint density at radius 2 is 1.89 bits per heavy atom. The molecule has 1 aliphatic heterocycles. The summed E-state index contributed by atoms with van der Waals surface area (Å²) in [5.74, 6) is -0.417. The number of rotatable bonds is 5. The van der Waals surface area contributed by atoms with Gasteiger partial charge in [-0.25, -0.2) is 19.3 Å². The van der Waals surface area contributed by atoms with Crippen LogP contribution in [0.3, 0.4) is 0 Å². The van der Waals surface area contributed by atoms with Crippen LogP contribution in [0.5, 0.6) is 5.88 Å². The quantitative estimate of drug-likeness (QED) is 0.455. The molecule has 3 aromatic rings. The maximum absolute atomic E-state index is 14.4. The van der Waals surface area contributed by atoms with Crippen molar-refractivity contribution in [3.63, 3.8) is 0 Å². The van der Waals surface area contributed by atoms with Gasteiger partial charge in [-0.15, -0.1) is 0 Å². The highest BCUT2D eigenvalue weighted by molar-refractivity contribution is 6.01. The molecule has 2 unspecified atom stereocenters. The molecule has 0 saturated carbocycles. The second-order valence-electron chi connectivity index (χ2n) is 8.55. The molecule has 184 valence electrons. The fourth-order valence-electron chi connectivity index (χ4n) is 4.30. The van der Waals surface area contributed by atoms with E-state index in [1.807, 2.05) is 6.92 Å². The zero-order chi connectivity index (χ0) is 25.2. The zero-order valence-electron chi connectivity index (χ0n) is 19.2. The number of carbonyl (C=O) groups excluding carboxylic acids is 1. The first-order valence-corrected chi connectivity index (χ1v) is 11.2. The van der Waals surface area contributed by atoms with Crippen molar-refractivity contribution in [2.24, 2.45) is 5.92 Å². The molecule has 2 aromatic heterocycles. The molecule has 0 radical (unpaired) electrons. The van der Waals surface area contributed by atoms with Crippen LogP contribution < -0.4 is 4.74 Å². The molecular weight excluding hydrogens is 464 g/mol. The first-order valence-electron chi connectivity index (χ1n) is 11.2. The molecular formula is C25H24F4N4O2. The molecule has 3 heterocycles. The summed E-state index contributed by atoms with van der Waals surface area (Å²) in [5, 5.41) is 0. The Hall–Kier alpha value is -3.56. The first-order chi connectivity index (χ1) is 16.7. The van der Waals surface area contributed by atoms with Gasteiger partial charge < -0.3 is 9.64 Å². The minimum atomic E-state index is -4.49. The van der Waals surface area contributed by atoms with Gasteiger partial charge in [0.05, 0.1) is 17.2 Å². The summed E-state index contributed by atoms with van der Waals surface area (Å²) in [4.78, 5) is 27.6. The van der Waals surface area contributed by atoms with Gasteiger partial charge in [-0.05, 0) is 55.5 Å². The Kier molecular flexibility index (Phi) is 7.00. The molecule has 2 atom stereocenters. The van der Waals surface area contributed by atoms with Crippen molar-refractivity contribution in [1.82, 2.24) is 19.9 Å². The summed E-state index contributed by atoms with van der Waals surface area (Å²) in [5.41, 5.74) is 0.0173. The number of hydrogen-bond acceptors (Lipinski definition) is 5. The lowest BCUT2D eigenvalue weighted by Crippen LogP contribution is -2.50. The van der Waals surface area contributed by atoms with Gasteiger partial charge in [0, 0.05) is 36.8 Å². The molecule has 1 aliphatic rings. The smallest absolute Gasteiger partial charge is 0.417 e. The summed E-state index contributed by atoms with van der Waals surface area (Å²) >= 11 is 0. The average molecular weight is 488 g/mol. The van der Waals surface area contributed by atoms with Crippen LogP contribution in [-0.2, 0) is 6.18 Å². The van der Waals surface area contributed by atoms with Crippen molar-refractivity contribution >= 4 is 5.91 Å². The SMILES string of the molecule is Cc1c(F)ccc(C(=O)N2CCCC(C)C2COc2ccc(C(F)(F)F)cn2)c1-c1ncccn1. The maximum atomic E-state index is 14.4. The number of halogens is 4. The summed E-state index contributed by atoms with van der Waals surface area (Å²) < 4.78 is 58.5. The van der Waals surface area contributed by atoms with Crippen LogP contribution in [-0.4, -0.2) is 45.0 Å². The van der Waals surface area contributed by atoms with Crippen molar-refractivity contribution in [3.8, 4) is 17.3 Å². The number of amides is 1. The van der Waals surface area contributed by atoms with Crippen molar-refractivity contribution in [2.75, 3.05) is 13.2 Å². The highest BCUT2D eigenvalue weighted by atomic mass is 19.4. The van der Waals surface area contributed by atoms with Gasteiger partial charge in [0.25, 0.3) is 5.91 Å². The molecule has 1 saturated heterocycles. The summed E-state index contributed by atoms with van der Waals surface area (Å²) in [6.07, 6.45) is 0.917. The fraction of sp³-hybridized carbons (Fsp3) is 0.360. The van der Waals surface area contributed by atoms with Gasteiger partial charge in [0.15, 0.2) is 5.82 Å². The Morgan fingerprint density at radius 3 is 2.54 bits per heavy atom. The predicted molar refractivity (Wildman–Crippen MR) is 120 cm³/mol. The lowest BCUT2D eigenvalue weighted by Gasteiger charge is -2.40. The Bertz CT molecular complexity index is 1190. The van der Waals surface area contributed by atoms with Gasteiger partial charge >= 0.3 is 6.18 Å². The summed E-state index contributed by atoms with van der Waals surface area (Å²) in [6.45, 7) is 4.09. The van der Waals surface area contributed by atoms with Crippen LogP contribution in [0.2, 0.25) is 0 Å². The monoisotopic (exact) mass is 488 g/mol. The third-order valence-corrected chi connectivity index (χ3v) is 6.26. The predicted octanol–water partition coefficient (Wildman–Crippen LogP) is 5.32. The topological polar surface area (TPSA) is 68.2 Å². The number of hydrogen-bond donors (Lipinski definition) is 0. The molecule has 1 aromatic carbocycles. The maximum Gasteiger partial charge on any atom is 0.417 e. The lowest BCUT2D eigenvalue weighted by atomic mass is 9.89. The lowest BCUT2D eigenvalue weighted by molar-refractivity contribution is -0.137. The van der Waals surface area contributed by atoms with Gasteiger partial charge in [-0.3, -0.25) is 4.79 Å². The molecule has 1 amide bonds. The second kappa shape index (κ2) is 9.97.